The normalized spacial score (nSPS) is 18.6. The molecule has 2 N–H and O–H groups in total. The highest BCUT2D eigenvalue weighted by Gasteiger charge is 2.21. The number of thiazole rings is 1. The van der Waals surface area contributed by atoms with Gasteiger partial charge in [0.2, 0.25) is 5.91 Å². The van der Waals surface area contributed by atoms with E-state index in [1.165, 1.54) is 0 Å². The number of hydrogen-bond acceptors (Lipinski definition) is 5. The number of nitrogens with zero attached hydrogens (tertiary/aromatic N) is 3. The molecule has 1 saturated heterocycles. The summed E-state index contributed by atoms with van der Waals surface area (Å²) in [5.41, 5.74) is 6.80. The maximum absolute atomic E-state index is 11.9. The second kappa shape index (κ2) is 6.45. The molecule has 6 heteroatoms. The molecule has 0 saturated carbocycles. The summed E-state index contributed by atoms with van der Waals surface area (Å²) in [5, 5.41) is 3.23. The number of carbonyl (C=O) groups excluding carboxylic acids is 1. The molecular formula is C13H22N4OS. The molecule has 19 heavy (non-hydrogen) atoms. The molecule has 106 valence electrons. The van der Waals surface area contributed by atoms with Gasteiger partial charge in [-0.2, -0.15) is 0 Å². The van der Waals surface area contributed by atoms with Crippen molar-refractivity contribution in [1.82, 2.24) is 14.8 Å². The van der Waals surface area contributed by atoms with Gasteiger partial charge in [0.25, 0.3) is 0 Å². The van der Waals surface area contributed by atoms with Gasteiger partial charge >= 0.3 is 0 Å². The van der Waals surface area contributed by atoms with Crippen LogP contribution in [-0.2, 0) is 11.3 Å². The summed E-state index contributed by atoms with van der Waals surface area (Å²) >= 11 is 1.69. The predicted molar refractivity (Wildman–Crippen MR) is 77.0 cm³/mol. The summed E-state index contributed by atoms with van der Waals surface area (Å²) in [6.07, 6.45) is 0.450. The third-order valence-electron chi connectivity index (χ3n) is 3.27. The number of hydrogen-bond donors (Lipinski definition) is 1. The van der Waals surface area contributed by atoms with Gasteiger partial charge in [-0.05, 0) is 13.8 Å². The molecule has 1 unspecified atom stereocenters. The van der Waals surface area contributed by atoms with Crippen molar-refractivity contribution in [3.63, 3.8) is 0 Å². The van der Waals surface area contributed by atoms with Crippen LogP contribution >= 0.6 is 11.3 Å². The van der Waals surface area contributed by atoms with Crippen molar-refractivity contribution in [1.29, 1.82) is 0 Å². The lowest BCUT2D eigenvalue weighted by molar-refractivity contribution is -0.133. The lowest BCUT2D eigenvalue weighted by atomic mass is 10.2. The van der Waals surface area contributed by atoms with Crippen molar-refractivity contribution in [2.45, 2.75) is 32.9 Å². The molecule has 1 amide bonds. The van der Waals surface area contributed by atoms with Crippen molar-refractivity contribution < 1.29 is 4.79 Å². The standard InChI is InChI=1S/C13H22N4OS/c1-10(14)7-13(18)17-5-3-16(4-6-17)8-12-9-19-11(2)15-12/h9-10H,3-8,14H2,1-2H3. The van der Waals surface area contributed by atoms with Crippen LogP contribution in [0.2, 0.25) is 0 Å². The molecule has 0 aromatic carbocycles. The van der Waals surface area contributed by atoms with E-state index in [0.29, 0.717) is 6.42 Å². The highest BCUT2D eigenvalue weighted by Crippen LogP contribution is 2.12. The number of carbonyl (C=O) groups is 1. The Morgan fingerprint density at radius 2 is 2.16 bits per heavy atom. The van der Waals surface area contributed by atoms with E-state index >= 15 is 0 Å². The Labute approximate surface area is 118 Å². The molecule has 1 aromatic rings. The lowest BCUT2D eigenvalue weighted by Gasteiger charge is -2.34. The Hall–Kier alpha value is -0.980. The first-order valence-electron chi connectivity index (χ1n) is 6.71. The Morgan fingerprint density at radius 1 is 1.47 bits per heavy atom. The van der Waals surface area contributed by atoms with Crippen LogP contribution in [0.3, 0.4) is 0 Å². The van der Waals surface area contributed by atoms with Gasteiger partial charge in [-0.25, -0.2) is 4.98 Å². The van der Waals surface area contributed by atoms with Crippen LogP contribution in [0.25, 0.3) is 0 Å². The zero-order valence-corrected chi connectivity index (χ0v) is 12.4. The van der Waals surface area contributed by atoms with Crippen molar-refractivity contribution in [2.75, 3.05) is 26.2 Å². The molecule has 1 atom stereocenters. The zero-order chi connectivity index (χ0) is 13.8. The fourth-order valence-corrected chi connectivity index (χ4v) is 2.87. The Kier molecular flexibility index (Phi) is 4.90. The molecule has 0 bridgehead atoms. The molecule has 1 aromatic heterocycles. The van der Waals surface area contributed by atoms with Crippen LogP contribution < -0.4 is 5.73 Å². The van der Waals surface area contributed by atoms with E-state index < -0.39 is 0 Å². The summed E-state index contributed by atoms with van der Waals surface area (Å²) in [6.45, 7) is 8.23. The van der Waals surface area contributed by atoms with E-state index in [9.17, 15) is 4.79 Å². The summed E-state index contributed by atoms with van der Waals surface area (Å²) in [6, 6.07) is -0.0523. The van der Waals surface area contributed by atoms with E-state index in [1.807, 2.05) is 18.7 Å². The van der Waals surface area contributed by atoms with Gasteiger partial charge in [0.05, 0.1) is 10.7 Å². The van der Waals surface area contributed by atoms with Gasteiger partial charge in [-0.15, -0.1) is 11.3 Å². The molecule has 0 radical (unpaired) electrons. The van der Waals surface area contributed by atoms with Crippen LogP contribution in [0.15, 0.2) is 5.38 Å². The second-order valence-corrected chi connectivity index (χ2v) is 6.26. The van der Waals surface area contributed by atoms with E-state index in [1.54, 1.807) is 11.3 Å². The van der Waals surface area contributed by atoms with Crippen molar-refractivity contribution in [3.05, 3.63) is 16.1 Å². The van der Waals surface area contributed by atoms with Crippen LogP contribution in [-0.4, -0.2) is 52.9 Å². The van der Waals surface area contributed by atoms with E-state index in [2.05, 4.69) is 15.3 Å². The minimum absolute atomic E-state index is 0.0523. The van der Waals surface area contributed by atoms with Gasteiger partial charge in [-0.3, -0.25) is 9.69 Å². The first-order chi connectivity index (χ1) is 9.04. The highest BCUT2D eigenvalue weighted by atomic mass is 32.1. The molecule has 0 aliphatic carbocycles. The van der Waals surface area contributed by atoms with Crippen molar-refractivity contribution in [3.8, 4) is 0 Å². The monoisotopic (exact) mass is 282 g/mol. The SMILES string of the molecule is Cc1nc(CN2CCN(C(=O)CC(C)N)CC2)cs1. The van der Waals surface area contributed by atoms with Crippen molar-refractivity contribution >= 4 is 17.2 Å². The van der Waals surface area contributed by atoms with Crippen LogP contribution in [0.4, 0.5) is 0 Å². The molecule has 1 aliphatic heterocycles. The number of nitrogens with two attached hydrogens (primary N) is 1. The van der Waals surface area contributed by atoms with E-state index in [-0.39, 0.29) is 11.9 Å². The molecular weight excluding hydrogens is 260 g/mol. The molecule has 2 heterocycles. The van der Waals surface area contributed by atoms with Gasteiger partial charge < -0.3 is 10.6 Å². The number of amides is 1. The van der Waals surface area contributed by atoms with Crippen LogP contribution in [0.5, 0.6) is 0 Å². The first kappa shape index (κ1) is 14.4. The van der Waals surface area contributed by atoms with Gasteiger partial charge in [0.15, 0.2) is 0 Å². The lowest BCUT2D eigenvalue weighted by Crippen LogP contribution is -2.49. The van der Waals surface area contributed by atoms with Gasteiger partial charge in [0.1, 0.15) is 0 Å². The summed E-state index contributed by atoms with van der Waals surface area (Å²) in [7, 11) is 0. The molecule has 1 fully saturated rings. The summed E-state index contributed by atoms with van der Waals surface area (Å²) in [4.78, 5) is 20.6. The smallest absolute Gasteiger partial charge is 0.224 e. The Bertz CT molecular complexity index is 424. The van der Waals surface area contributed by atoms with Crippen LogP contribution in [0, 0.1) is 6.92 Å². The minimum Gasteiger partial charge on any atom is -0.340 e. The fourth-order valence-electron chi connectivity index (χ4n) is 2.27. The number of rotatable bonds is 4. The molecule has 1 aliphatic rings. The summed E-state index contributed by atoms with van der Waals surface area (Å²) < 4.78 is 0. The van der Waals surface area contributed by atoms with Crippen LogP contribution in [0.1, 0.15) is 24.0 Å². The predicted octanol–water partition coefficient (Wildman–Crippen LogP) is 0.833. The number of aromatic nitrogens is 1. The zero-order valence-electron chi connectivity index (χ0n) is 11.6. The number of piperazine rings is 1. The minimum atomic E-state index is -0.0523. The maximum Gasteiger partial charge on any atom is 0.224 e. The molecule has 2 rings (SSSR count). The highest BCUT2D eigenvalue weighted by molar-refractivity contribution is 7.09. The summed E-state index contributed by atoms with van der Waals surface area (Å²) in [5.74, 6) is 0.180. The van der Waals surface area contributed by atoms with E-state index in [0.717, 1.165) is 43.4 Å². The maximum atomic E-state index is 11.9. The molecule has 5 nitrogen and oxygen atoms in total. The van der Waals surface area contributed by atoms with Crippen molar-refractivity contribution in [2.24, 2.45) is 5.73 Å². The Balaban J connectivity index is 1.77. The average molecular weight is 282 g/mol. The van der Waals surface area contributed by atoms with E-state index in [4.69, 9.17) is 5.73 Å². The molecule has 0 spiro atoms. The average Bonchev–Trinajstić information content (AvgIpc) is 2.75. The first-order valence-corrected chi connectivity index (χ1v) is 7.59. The third-order valence-corrected chi connectivity index (χ3v) is 4.10. The quantitative estimate of drug-likeness (QED) is 0.888. The topological polar surface area (TPSA) is 62.5 Å². The Morgan fingerprint density at radius 3 is 2.68 bits per heavy atom. The fraction of sp³-hybridized carbons (Fsp3) is 0.692. The van der Waals surface area contributed by atoms with Gasteiger partial charge in [0, 0.05) is 50.6 Å². The number of aryl methyl sites for hydroxylation is 1. The largest absolute Gasteiger partial charge is 0.340 e. The third kappa shape index (κ3) is 4.26. The van der Waals surface area contributed by atoms with Gasteiger partial charge in [-0.1, -0.05) is 0 Å². The second-order valence-electron chi connectivity index (χ2n) is 5.20.